The monoisotopic (exact) mass is 380 g/mol. The van der Waals surface area contributed by atoms with E-state index in [1.165, 1.54) is 18.9 Å². The molecule has 0 saturated carbocycles. The van der Waals surface area contributed by atoms with Crippen LogP contribution in [-0.2, 0) is 4.74 Å². The van der Waals surface area contributed by atoms with Gasteiger partial charge in [0.2, 0.25) is 11.0 Å². The van der Waals surface area contributed by atoms with Gasteiger partial charge in [-0.15, -0.1) is 10.2 Å². The Hall–Kier alpha value is -3.13. The fourth-order valence-corrected chi connectivity index (χ4v) is 3.09. The van der Waals surface area contributed by atoms with Crippen LogP contribution in [0.3, 0.4) is 0 Å². The van der Waals surface area contributed by atoms with Gasteiger partial charge in [-0.05, 0) is 24.5 Å². The van der Waals surface area contributed by atoms with Gasteiger partial charge >= 0.3 is 5.97 Å². The topological polar surface area (TPSA) is 86.2 Å². The first kappa shape index (κ1) is 17.3. The summed E-state index contributed by atoms with van der Waals surface area (Å²) < 4.78 is 10.9. The Balaban J connectivity index is 1.76. The number of esters is 1. The Morgan fingerprint density at radius 3 is 2.67 bits per heavy atom. The number of benzene rings is 2. The third kappa shape index (κ3) is 3.31. The third-order valence-corrected chi connectivity index (χ3v) is 4.69. The van der Waals surface area contributed by atoms with Crippen molar-refractivity contribution in [3.05, 3.63) is 59.7 Å². The molecule has 1 aromatic heterocycles. The standard InChI is InChI=1S/C19H16N4O3S/c1-25-18(24)12-9-7-11(8-10-12)16-20-14-6-4-3-5-13(14)15-17(26-16)21-19(27-2)23-22-15/h3-10,16,20H,1-2H3. The van der Waals surface area contributed by atoms with Crippen LogP contribution in [0.4, 0.5) is 5.69 Å². The Morgan fingerprint density at radius 1 is 1.15 bits per heavy atom. The van der Waals surface area contributed by atoms with Crippen LogP contribution in [-0.4, -0.2) is 34.5 Å². The first-order valence-corrected chi connectivity index (χ1v) is 9.41. The average molecular weight is 380 g/mol. The van der Waals surface area contributed by atoms with Crippen molar-refractivity contribution in [3.63, 3.8) is 0 Å². The molecular formula is C19H16N4O3S. The number of hydrogen-bond donors (Lipinski definition) is 1. The molecule has 0 aliphatic carbocycles. The molecular weight excluding hydrogens is 364 g/mol. The minimum atomic E-state index is -0.495. The predicted molar refractivity (Wildman–Crippen MR) is 102 cm³/mol. The summed E-state index contributed by atoms with van der Waals surface area (Å²) in [6.45, 7) is 0. The third-order valence-electron chi connectivity index (χ3n) is 4.15. The number of methoxy groups -OCH3 is 1. The number of nitrogens with one attached hydrogen (secondary N) is 1. The van der Waals surface area contributed by atoms with Crippen molar-refractivity contribution >= 4 is 23.4 Å². The van der Waals surface area contributed by atoms with E-state index in [-0.39, 0.29) is 5.97 Å². The smallest absolute Gasteiger partial charge is 0.337 e. The molecule has 1 N–H and O–H groups in total. The minimum Gasteiger partial charge on any atom is -0.465 e. The summed E-state index contributed by atoms with van der Waals surface area (Å²) in [6, 6.07) is 14.8. The molecule has 0 bridgehead atoms. The van der Waals surface area contributed by atoms with Gasteiger partial charge in [0.1, 0.15) is 0 Å². The van der Waals surface area contributed by atoms with Crippen LogP contribution in [0.25, 0.3) is 11.3 Å². The number of hydrogen-bond acceptors (Lipinski definition) is 8. The molecule has 7 nitrogen and oxygen atoms in total. The van der Waals surface area contributed by atoms with Gasteiger partial charge in [-0.25, -0.2) is 4.79 Å². The number of thioether (sulfide) groups is 1. The Labute approximate surface area is 160 Å². The van der Waals surface area contributed by atoms with Gasteiger partial charge in [-0.1, -0.05) is 42.1 Å². The first-order chi connectivity index (χ1) is 13.2. The number of ether oxygens (including phenoxy) is 2. The van der Waals surface area contributed by atoms with Crippen molar-refractivity contribution in [3.8, 4) is 17.1 Å². The Kier molecular flexibility index (Phi) is 4.64. The number of carbonyl (C=O) groups excluding carboxylic acids is 1. The van der Waals surface area contributed by atoms with E-state index >= 15 is 0 Å². The predicted octanol–water partition coefficient (Wildman–Crippen LogP) is 3.55. The molecule has 2 heterocycles. The lowest BCUT2D eigenvalue weighted by Gasteiger charge is -2.19. The van der Waals surface area contributed by atoms with Crippen molar-refractivity contribution in [2.24, 2.45) is 0 Å². The van der Waals surface area contributed by atoms with E-state index in [2.05, 4.69) is 20.5 Å². The van der Waals surface area contributed by atoms with Gasteiger partial charge in [0, 0.05) is 16.8 Å². The molecule has 2 aromatic carbocycles. The zero-order valence-electron chi connectivity index (χ0n) is 14.7. The van der Waals surface area contributed by atoms with Crippen LogP contribution >= 0.6 is 11.8 Å². The lowest BCUT2D eigenvalue weighted by atomic mass is 10.1. The second-order valence-electron chi connectivity index (χ2n) is 5.75. The summed E-state index contributed by atoms with van der Waals surface area (Å²) in [7, 11) is 1.36. The maximum Gasteiger partial charge on any atom is 0.337 e. The van der Waals surface area contributed by atoms with Crippen LogP contribution in [0, 0.1) is 0 Å². The summed E-state index contributed by atoms with van der Waals surface area (Å²) >= 11 is 1.40. The van der Waals surface area contributed by atoms with Gasteiger partial charge < -0.3 is 14.8 Å². The molecule has 8 heteroatoms. The van der Waals surface area contributed by atoms with E-state index in [1.54, 1.807) is 12.1 Å². The van der Waals surface area contributed by atoms with Crippen LogP contribution < -0.4 is 10.1 Å². The molecule has 1 atom stereocenters. The quantitative estimate of drug-likeness (QED) is 0.545. The van der Waals surface area contributed by atoms with Gasteiger partial charge in [-0.3, -0.25) is 0 Å². The fourth-order valence-electron chi connectivity index (χ4n) is 2.80. The van der Waals surface area contributed by atoms with Gasteiger partial charge in [0.25, 0.3) is 0 Å². The molecule has 0 fully saturated rings. The summed E-state index contributed by atoms with van der Waals surface area (Å²) in [4.78, 5) is 16.1. The number of rotatable bonds is 3. The lowest BCUT2D eigenvalue weighted by molar-refractivity contribution is 0.0600. The van der Waals surface area contributed by atoms with Crippen molar-refractivity contribution in [1.29, 1.82) is 0 Å². The van der Waals surface area contributed by atoms with E-state index in [4.69, 9.17) is 9.47 Å². The van der Waals surface area contributed by atoms with Crippen LogP contribution in [0.1, 0.15) is 22.1 Å². The number of anilines is 1. The van der Waals surface area contributed by atoms with Crippen molar-refractivity contribution in [2.45, 2.75) is 11.4 Å². The highest BCUT2D eigenvalue weighted by molar-refractivity contribution is 7.98. The van der Waals surface area contributed by atoms with Crippen LogP contribution in [0.5, 0.6) is 5.88 Å². The van der Waals surface area contributed by atoms with E-state index < -0.39 is 6.23 Å². The molecule has 27 heavy (non-hydrogen) atoms. The number of nitrogens with zero attached hydrogens (tertiary/aromatic N) is 3. The zero-order chi connectivity index (χ0) is 18.8. The number of fused-ring (bicyclic) bond motifs is 3. The SMILES string of the molecule is COC(=O)c1ccc(C2Nc3ccccc3-c3nnc(SC)nc3O2)cc1. The first-order valence-electron chi connectivity index (χ1n) is 8.19. The number of aromatic nitrogens is 3. The summed E-state index contributed by atoms with van der Waals surface area (Å²) in [5, 5.41) is 12.3. The highest BCUT2D eigenvalue weighted by atomic mass is 32.2. The molecule has 0 saturated heterocycles. The van der Waals surface area contributed by atoms with Crippen molar-refractivity contribution in [1.82, 2.24) is 15.2 Å². The van der Waals surface area contributed by atoms with Crippen LogP contribution in [0.15, 0.2) is 53.7 Å². The highest BCUT2D eigenvalue weighted by Gasteiger charge is 2.26. The molecule has 1 aliphatic heterocycles. The Morgan fingerprint density at radius 2 is 1.93 bits per heavy atom. The summed E-state index contributed by atoms with van der Waals surface area (Å²) in [5.41, 5.74) is 3.64. The minimum absolute atomic E-state index is 0.381. The largest absolute Gasteiger partial charge is 0.465 e. The number of carbonyl (C=O) groups is 1. The zero-order valence-corrected chi connectivity index (χ0v) is 15.5. The van der Waals surface area contributed by atoms with Crippen LogP contribution in [0.2, 0.25) is 0 Å². The average Bonchev–Trinajstić information content (AvgIpc) is 2.89. The number of para-hydroxylation sites is 1. The van der Waals surface area contributed by atoms with E-state index in [0.717, 1.165) is 16.8 Å². The van der Waals surface area contributed by atoms with Crippen molar-refractivity contribution < 1.29 is 14.3 Å². The fraction of sp³-hybridized carbons (Fsp3) is 0.158. The highest BCUT2D eigenvalue weighted by Crippen LogP contribution is 2.39. The molecule has 0 radical (unpaired) electrons. The van der Waals surface area contributed by atoms with E-state index in [9.17, 15) is 4.79 Å². The summed E-state index contributed by atoms with van der Waals surface area (Å²) in [5.74, 6) is 0.0300. The maximum absolute atomic E-state index is 11.7. The second kappa shape index (κ2) is 7.24. The van der Waals surface area contributed by atoms with Gasteiger partial charge in [-0.2, -0.15) is 4.98 Å². The molecule has 1 aliphatic rings. The molecule has 136 valence electrons. The molecule has 0 amide bonds. The molecule has 0 spiro atoms. The van der Waals surface area contributed by atoms with Crippen molar-refractivity contribution in [2.75, 3.05) is 18.7 Å². The molecule has 1 unspecified atom stereocenters. The van der Waals surface area contributed by atoms with E-state index in [1.807, 2.05) is 42.7 Å². The van der Waals surface area contributed by atoms with Gasteiger partial charge in [0.05, 0.1) is 12.7 Å². The maximum atomic E-state index is 11.7. The Bertz CT molecular complexity index is 994. The molecule has 4 rings (SSSR count). The second-order valence-corrected chi connectivity index (χ2v) is 6.53. The van der Waals surface area contributed by atoms with E-state index in [0.29, 0.717) is 22.3 Å². The van der Waals surface area contributed by atoms with Gasteiger partial charge in [0.15, 0.2) is 11.9 Å². The lowest BCUT2D eigenvalue weighted by Crippen LogP contribution is -2.17. The molecule has 3 aromatic rings. The summed E-state index contributed by atoms with van der Waals surface area (Å²) in [6.07, 6.45) is 1.39. The normalized spacial score (nSPS) is 14.8.